The van der Waals surface area contributed by atoms with Gasteiger partial charge in [-0.2, -0.15) is 0 Å². The Morgan fingerprint density at radius 3 is 2.70 bits per heavy atom. The minimum absolute atomic E-state index is 0.0510. The third kappa shape index (κ3) is 4.29. The second-order valence-electron chi connectivity index (χ2n) is 7.38. The molecule has 2 aromatic carbocycles. The van der Waals surface area contributed by atoms with Gasteiger partial charge in [-0.25, -0.2) is 4.98 Å². The van der Waals surface area contributed by atoms with Crippen LogP contribution in [0.15, 0.2) is 71.2 Å². The van der Waals surface area contributed by atoms with E-state index in [1.165, 1.54) is 11.8 Å². The average Bonchev–Trinajstić information content (AvgIpc) is 3.52. The summed E-state index contributed by atoms with van der Waals surface area (Å²) in [6, 6.07) is 19.6. The van der Waals surface area contributed by atoms with E-state index in [2.05, 4.69) is 15.5 Å². The van der Waals surface area contributed by atoms with Crippen LogP contribution in [-0.4, -0.2) is 37.8 Å². The van der Waals surface area contributed by atoms with Crippen molar-refractivity contribution >= 4 is 45.6 Å². The Kier molecular flexibility index (Phi) is 5.97. The summed E-state index contributed by atoms with van der Waals surface area (Å²) in [5, 5.41) is 15.1. The van der Waals surface area contributed by atoms with Crippen molar-refractivity contribution in [1.82, 2.24) is 24.9 Å². The van der Waals surface area contributed by atoms with Gasteiger partial charge in [-0.3, -0.25) is 9.20 Å². The molecule has 5 aromatic rings. The highest BCUT2D eigenvalue weighted by atomic mass is 32.2. The van der Waals surface area contributed by atoms with E-state index in [9.17, 15) is 4.79 Å². The van der Waals surface area contributed by atoms with Crippen LogP contribution in [0.4, 0.5) is 0 Å². The van der Waals surface area contributed by atoms with Crippen LogP contribution in [0.1, 0.15) is 11.8 Å². The summed E-state index contributed by atoms with van der Waals surface area (Å²) in [5.74, 6) is 1.43. The molecule has 0 radical (unpaired) electrons. The molecule has 0 unspecified atom stereocenters. The lowest BCUT2D eigenvalue weighted by atomic mass is 10.1. The minimum Gasteiger partial charge on any atom is -0.497 e. The molecular weight excluding hydrogens is 454 g/mol. The molecule has 1 atom stereocenters. The number of ether oxygens (including phenoxy) is 1. The van der Waals surface area contributed by atoms with Crippen molar-refractivity contribution in [2.24, 2.45) is 0 Å². The standard InChI is InChI=1S/C24H21N5O2S2/c1-15(23(30)25-14-18-6-5-13-32-18)33-24-28-27-22-19-7-3-4-8-20(19)26-21(29(22)24)16-9-11-17(31-2)12-10-16/h3-13,15H,14H2,1-2H3,(H,25,30)/t15-/m1/s1. The number of thiophene rings is 1. The second kappa shape index (κ2) is 9.21. The van der Waals surface area contributed by atoms with Gasteiger partial charge in [-0.1, -0.05) is 30.0 Å². The molecule has 0 fully saturated rings. The third-order valence-corrected chi connectivity index (χ3v) is 7.15. The summed E-state index contributed by atoms with van der Waals surface area (Å²) >= 11 is 2.99. The van der Waals surface area contributed by atoms with E-state index in [0.29, 0.717) is 23.2 Å². The van der Waals surface area contributed by atoms with Gasteiger partial charge >= 0.3 is 0 Å². The molecule has 3 heterocycles. The van der Waals surface area contributed by atoms with Gasteiger partial charge in [0.25, 0.3) is 0 Å². The van der Waals surface area contributed by atoms with Gasteiger partial charge in [0, 0.05) is 15.8 Å². The van der Waals surface area contributed by atoms with Crippen molar-refractivity contribution in [3.63, 3.8) is 0 Å². The van der Waals surface area contributed by atoms with E-state index in [4.69, 9.17) is 9.72 Å². The topological polar surface area (TPSA) is 81.4 Å². The molecule has 1 amide bonds. The quantitative estimate of drug-likeness (QED) is 0.340. The fourth-order valence-corrected chi connectivity index (χ4v) is 5.03. The van der Waals surface area contributed by atoms with Crippen LogP contribution in [0.2, 0.25) is 0 Å². The maximum absolute atomic E-state index is 12.7. The summed E-state index contributed by atoms with van der Waals surface area (Å²) in [6.07, 6.45) is 0. The lowest BCUT2D eigenvalue weighted by molar-refractivity contribution is -0.120. The van der Waals surface area contributed by atoms with Crippen LogP contribution >= 0.6 is 23.1 Å². The van der Waals surface area contributed by atoms with Gasteiger partial charge in [0.15, 0.2) is 10.8 Å². The van der Waals surface area contributed by atoms with Gasteiger partial charge in [0.05, 0.1) is 24.4 Å². The van der Waals surface area contributed by atoms with Gasteiger partial charge < -0.3 is 10.1 Å². The minimum atomic E-state index is -0.354. The first kappa shape index (κ1) is 21.4. The Bertz CT molecular complexity index is 1410. The van der Waals surface area contributed by atoms with Crippen molar-refractivity contribution in [2.45, 2.75) is 23.9 Å². The van der Waals surface area contributed by atoms with E-state index < -0.39 is 0 Å². The number of thioether (sulfide) groups is 1. The van der Waals surface area contributed by atoms with Crippen molar-refractivity contribution in [3.05, 3.63) is 70.9 Å². The number of hydrogen-bond donors (Lipinski definition) is 1. The second-order valence-corrected chi connectivity index (χ2v) is 9.72. The molecule has 0 saturated carbocycles. The largest absolute Gasteiger partial charge is 0.497 e. The van der Waals surface area contributed by atoms with Crippen molar-refractivity contribution in [1.29, 1.82) is 0 Å². The molecule has 0 aliphatic heterocycles. The number of rotatable bonds is 7. The molecule has 0 spiro atoms. The molecule has 33 heavy (non-hydrogen) atoms. The van der Waals surface area contributed by atoms with Gasteiger partial charge in [0.2, 0.25) is 5.91 Å². The number of carbonyl (C=O) groups excluding carboxylic acids is 1. The van der Waals surface area contributed by atoms with Gasteiger partial charge in [-0.15, -0.1) is 21.5 Å². The number of carbonyl (C=O) groups is 1. The van der Waals surface area contributed by atoms with Crippen LogP contribution in [0.25, 0.3) is 27.9 Å². The maximum Gasteiger partial charge on any atom is 0.233 e. The first-order valence-corrected chi connectivity index (χ1v) is 12.1. The number of nitrogens with zero attached hydrogens (tertiary/aromatic N) is 4. The summed E-state index contributed by atoms with van der Waals surface area (Å²) in [5.41, 5.74) is 2.45. The van der Waals surface area contributed by atoms with Crippen LogP contribution < -0.4 is 10.1 Å². The highest BCUT2D eigenvalue weighted by molar-refractivity contribution is 8.00. The first-order valence-electron chi connectivity index (χ1n) is 10.4. The van der Waals surface area contributed by atoms with E-state index in [0.717, 1.165) is 27.1 Å². The zero-order valence-electron chi connectivity index (χ0n) is 18.1. The number of amides is 1. The number of benzene rings is 2. The van der Waals surface area contributed by atoms with Crippen molar-refractivity contribution in [2.75, 3.05) is 7.11 Å². The van der Waals surface area contributed by atoms with Gasteiger partial charge in [-0.05, 0) is 54.8 Å². The molecule has 0 aliphatic carbocycles. The van der Waals surface area contributed by atoms with Gasteiger partial charge in [0.1, 0.15) is 11.6 Å². The maximum atomic E-state index is 12.7. The molecule has 0 saturated heterocycles. The highest BCUT2D eigenvalue weighted by Crippen LogP contribution is 2.31. The average molecular weight is 476 g/mol. The predicted octanol–water partition coefficient (Wildman–Crippen LogP) is 4.81. The van der Waals surface area contributed by atoms with Crippen LogP contribution in [0.3, 0.4) is 0 Å². The number of para-hydroxylation sites is 1. The lowest BCUT2D eigenvalue weighted by Gasteiger charge is -2.13. The molecule has 9 heteroatoms. The molecule has 1 N–H and O–H groups in total. The Balaban J connectivity index is 1.52. The molecule has 166 valence electrons. The van der Waals surface area contributed by atoms with E-state index in [1.54, 1.807) is 18.4 Å². The number of hydrogen-bond acceptors (Lipinski definition) is 7. The Morgan fingerprint density at radius 1 is 1.12 bits per heavy atom. The monoisotopic (exact) mass is 475 g/mol. The number of aromatic nitrogens is 4. The van der Waals surface area contributed by atoms with Crippen LogP contribution in [-0.2, 0) is 11.3 Å². The summed E-state index contributed by atoms with van der Waals surface area (Å²) in [6.45, 7) is 2.39. The summed E-state index contributed by atoms with van der Waals surface area (Å²) in [7, 11) is 1.64. The van der Waals surface area contributed by atoms with Crippen LogP contribution in [0.5, 0.6) is 5.75 Å². The predicted molar refractivity (Wildman–Crippen MR) is 132 cm³/mol. The first-order chi connectivity index (χ1) is 16.1. The molecular formula is C24H21N5O2S2. The molecule has 7 nitrogen and oxygen atoms in total. The van der Waals surface area contributed by atoms with Crippen molar-refractivity contribution in [3.8, 4) is 17.1 Å². The zero-order chi connectivity index (χ0) is 22.8. The van der Waals surface area contributed by atoms with E-state index >= 15 is 0 Å². The molecule has 5 rings (SSSR count). The van der Waals surface area contributed by atoms with E-state index in [1.807, 2.05) is 77.4 Å². The number of methoxy groups -OCH3 is 1. The molecule has 0 aliphatic rings. The lowest BCUT2D eigenvalue weighted by Crippen LogP contribution is -2.30. The normalized spacial score (nSPS) is 12.2. The third-order valence-electron chi connectivity index (χ3n) is 5.23. The number of fused-ring (bicyclic) bond motifs is 3. The highest BCUT2D eigenvalue weighted by Gasteiger charge is 2.21. The zero-order valence-corrected chi connectivity index (χ0v) is 19.7. The Hall–Kier alpha value is -3.43. The van der Waals surface area contributed by atoms with Crippen molar-refractivity contribution < 1.29 is 9.53 Å². The fourth-order valence-electron chi connectivity index (χ4n) is 3.51. The SMILES string of the molecule is COc1ccc(-c2nc3ccccc3c3nnc(S[C@H](C)C(=O)NCc4cccs4)n23)cc1. The smallest absolute Gasteiger partial charge is 0.233 e. The molecule has 0 bridgehead atoms. The van der Waals surface area contributed by atoms with Crippen LogP contribution in [0, 0.1) is 0 Å². The summed E-state index contributed by atoms with van der Waals surface area (Å²) < 4.78 is 7.23. The number of nitrogens with one attached hydrogen (secondary N) is 1. The molecule has 3 aromatic heterocycles. The Morgan fingerprint density at radius 2 is 1.94 bits per heavy atom. The summed E-state index contributed by atoms with van der Waals surface area (Å²) in [4.78, 5) is 18.8. The fraction of sp³-hybridized carbons (Fsp3) is 0.167. The van der Waals surface area contributed by atoms with E-state index in [-0.39, 0.29) is 11.2 Å². The Labute approximate surface area is 198 Å².